The van der Waals surface area contributed by atoms with E-state index in [0.29, 0.717) is 5.92 Å². The van der Waals surface area contributed by atoms with Crippen LogP contribution in [0.3, 0.4) is 0 Å². The molecule has 1 aromatic rings. The van der Waals surface area contributed by atoms with Crippen LogP contribution in [0.15, 0.2) is 24.3 Å². The van der Waals surface area contributed by atoms with E-state index in [0.717, 1.165) is 23.1 Å². The average Bonchev–Trinajstić information content (AvgIpc) is 2.35. The maximum absolute atomic E-state index is 12.1. The van der Waals surface area contributed by atoms with Crippen molar-refractivity contribution < 1.29 is 26.4 Å². The van der Waals surface area contributed by atoms with E-state index in [1.165, 1.54) is 12.1 Å². The minimum atomic E-state index is -5.68. The van der Waals surface area contributed by atoms with E-state index < -0.39 is 21.4 Å². The van der Waals surface area contributed by atoms with Gasteiger partial charge in [-0.05, 0) is 36.5 Å². The molecule has 21 heavy (non-hydrogen) atoms. The van der Waals surface area contributed by atoms with E-state index in [-0.39, 0.29) is 5.56 Å². The molecule has 118 valence electrons. The summed E-state index contributed by atoms with van der Waals surface area (Å²) in [5.74, 6) is -0.798. The molecule has 0 radical (unpaired) electrons. The summed E-state index contributed by atoms with van der Waals surface area (Å²) >= 11 is 0. The van der Waals surface area contributed by atoms with Crippen LogP contribution in [0, 0.1) is 5.92 Å². The van der Waals surface area contributed by atoms with Gasteiger partial charge in [-0.15, -0.1) is 0 Å². The van der Waals surface area contributed by atoms with Gasteiger partial charge in [0.2, 0.25) is 0 Å². The lowest BCUT2D eigenvalue weighted by molar-refractivity contribution is -0.0446. The molecule has 1 rings (SSSR count). The molecule has 0 aliphatic carbocycles. The normalized spacial score (nSPS) is 12.5. The Balaban J connectivity index is 2.77. The lowest BCUT2D eigenvalue weighted by atomic mass is 10.0. The highest BCUT2D eigenvalue weighted by atomic mass is 32.2. The number of amides is 1. The summed E-state index contributed by atoms with van der Waals surface area (Å²) in [5.41, 5.74) is -4.73. The maximum atomic E-state index is 12.1. The number of alkyl halides is 3. The number of hydrogen-bond donors (Lipinski definition) is 1. The van der Waals surface area contributed by atoms with Crippen molar-refractivity contribution >= 4 is 15.9 Å². The van der Waals surface area contributed by atoms with E-state index in [2.05, 4.69) is 13.8 Å². The first kappa shape index (κ1) is 17.5. The number of aryl methyl sites for hydroxylation is 1. The van der Waals surface area contributed by atoms with Crippen LogP contribution in [0.2, 0.25) is 0 Å². The SMILES string of the molecule is CC(C)CCc1ccc(C(=O)NS(=O)(=O)C(F)(F)F)cc1. The van der Waals surface area contributed by atoms with Crippen molar-refractivity contribution in [2.75, 3.05) is 0 Å². The van der Waals surface area contributed by atoms with Gasteiger partial charge in [0.05, 0.1) is 0 Å². The van der Waals surface area contributed by atoms with Crippen LogP contribution in [0.1, 0.15) is 36.2 Å². The zero-order valence-corrected chi connectivity index (χ0v) is 12.4. The van der Waals surface area contributed by atoms with Crippen LogP contribution in [0.5, 0.6) is 0 Å². The zero-order valence-electron chi connectivity index (χ0n) is 11.6. The zero-order chi connectivity index (χ0) is 16.3. The summed E-state index contributed by atoms with van der Waals surface area (Å²) in [6.45, 7) is 4.12. The molecule has 0 bridgehead atoms. The number of carbonyl (C=O) groups is 1. The molecule has 0 aromatic heterocycles. The van der Waals surface area contributed by atoms with Gasteiger partial charge in [0.1, 0.15) is 0 Å². The Kier molecular flexibility index (Phi) is 5.38. The molecule has 0 aliphatic rings. The molecule has 0 spiro atoms. The third kappa shape index (κ3) is 5.04. The van der Waals surface area contributed by atoms with Gasteiger partial charge in [-0.1, -0.05) is 26.0 Å². The van der Waals surface area contributed by atoms with Crippen molar-refractivity contribution in [3.8, 4) is 0 Å². The highest BCUT2D eigenvalue weighted by molar-refractivity contribution is 7.90. The van der Waals surface area contributed by atoms with Crippen molar-refractivity contribution in [3.05, 3.63) is 35.4 Å². The van der Waals surface area contributed by atoms with Crippen molar-refractivity contribution in [3.63, 3.8) is 0 Å². The Morgan fingerprint density at radius 2 is 1.71 bits per heavy atom. The minimum absolute atomic E-state index is 0.142. The standard InChI is InChI=1S/C13H16F3NO3S/c1-9(2)3-4-10-5-7-11(8-6-10)12(18)17-21(19,20)13(14,15)16/h5-9H,3-4H2,1-2H3,(H,17,18). The first-order valence-electron chi connectivity index (χ1n) is 6.25. The van der Waals surface area contributed by atoms with Gasteiger partial charge >= 0.3 is 15.5 Å². The van der Waals surface area contributed by atoms with Gasteiger partial charge in [0.25, 0.3) is 5.91 Å². The van der Waals surface area contributed by atoms with Crippen LogP contribution in [-0.2, 0) is 16.4 Å². The molecule has 0 fully saturated rings. The van der Waals surface area contributed by atoms with E-state index >= 15 is 0 Å². The summed E-state index contributed by atoms with van der Waals surface area (Å²) in [4.78, 5) is 11.5. The quantitative estimate of drug-likeness (QED) is 0.906. The predicted octanol–water partition coefficient (Wildman–Crippen LogP) is 2.85. The summed E-state index contributed by atoms with van der Waals surface area (Å²) in [5, 5.41) is 0. The fraction of sp³-hybridized carbons (Fsp3) is 0.462. The average molecular weight is 323 g/mol. The molecule has 1 amide bonds. The third-order valence-electron chi connectivity index (χ3n) is 2.76. The van der Waals surface area contributed by atoms with Gasteiger partial charge in [0, 0.05) is 5.56 Å². The van der Waals surface area contributed by atoms with Crippen LogP contribution in [0.25, 0.3) is 0 Å². The van der Waals surface area contributed by atoms with E-state index in [9.17, 15) is 26.4 Å². The van der Waals surface area contributed by atoms with Crippen molar-refractivity contribution in [1.82, 2.24) is 4.72 Å². The molecule has 0 aliphatic heterocycles. The number of nitrogens with one attached hydrogen (secondary N) is 1. The van der Waals surface area contributed by atoms with E-state index in [4.69, 9.17) is 0 Å². The van der Waals surface area contributed by atoms with Crippen molar-refractivity contribution in [2.24, 2.45) is 5.92 Å². The summed E-state index contributed by atoms with van der Waals surface area (Å²) < 4.78 is 59.1. The van der Waals surface area contributed by atoms with Crippen molar-refractivity contribution in [2.45, 2.75) is 32.2 Å². The Bertz CT molecular complexity index is 592. The fourth-order valence-corrected chi connectivity index (χ4v) is 1.99. The molecule has 0 heterocycles. The lowest BCUT2D eigenvalue weighted by Crippen LogP contribution is -2.40. The Morgan fingerprint density at radius 1 is 1.19 bits per heavy atom. The topological polar surface area (TPSA) is 63.2 Å². The molecule has 0 unspecified atom stereocenters. The minimum Gasteiger partial charge on any atom is -0.268 e. The summed E-state index contributed by atoms with van der Waals surface area (Å²) in [6, 6.07) is 5.79. The molecular formula is C13H16F3NO3S. The second kappa shape index (κ2) is 6.46. The first-order valence-corrected chi connectivity index (χ1v) is 7.73. The number of halogens is 3. The maximum Gasteiger partial charge on any atom is 0.516 e. The number of rotatable bonds is 5. The van der Waals surface area contributed by atoms with Crippen LogP contribution in [-0.4, -0.2) is 19.8 Å². The van der Waals surface area contributed by atoms with Crippen LogP contribution >= 0.6 is 0 Å². The third-order valence-corrected chi connectivity index (χ3v) is 3.82. The molecule has 1 aromatic carbocycles. The Morgan fingerprint density at radius 3 is 2.14 bits per heavy atom. The van der Waals surface area contributed by atoms with Crippen molar-refractivity contribution in [1.29, 1.82) is 0 Å². The number of benzene rings is 1. The molecular weight excluding hydrogens is 307 g/mol. The number of carbonyl (C=O) groups excluding carboxylic acids is 1. The molecule has 8 heteroatoms. The summed E-state index contributed by atoms with van der Waals surface area (Å²) in [6.07, 6.45) is 1.72. The second-order valence-electron chi connectivity index (χ2n) is 5.01. The second-order valence-corrected chi connectivity index (χ2v) is 6.68. The predicted molar refractivity (Wildman–Crippen MR) is 72.0 cm³/mol. The molecule has 0 saturated carbocycles. The largest absolute Gasteiger partial charge is 0.516 e. The lowest BCUT2D eigenvalue weighted by Gasteiger charge is -2.10. The molecule has 4 nitrogen and oxygen atoms in total. The molecule has 1 N–H and O–H groups in total. The number of hydrogen-bond acceptors (Lipinski definition) is 3. The van der Waals surface area contributed by atoms with Gasteiger partial charge in [-0.3, -0.25) is 4.79 Å². The van der Waals surface area contributed by atoms with Gasteiger partial charge in [0.15, 0.2) is 0 Å². The Hall–Kier alpha value is -1.57. The fourth-order valence-electron chi connectivity index (χ4n) is 1.52. The van der Waals surface area contributed by atoms with Gasteiger partial charge in [-0.2, -0.15) is 21.6 Å². The highest BCUT2D eigenvalue weighted by Gasteiger charge is 2.47. The summed E-state index contributed by atoms with van der Waals surface area (Å²) in [7, 11) is -5.68. The monoisotopic (exact) mass is 323 g/mol. The smallest absolute Gasteiger partial charge is 0.268 e. The number of sulfonamides is 1. The van der Waals surface area contributed by atoms with E-state index in [1.807, 2.05) is 0 Å². The highest BCUT2D eigenvalue weighted by Crippen LogP contribution is 2.22. The van der Waals surface area contributed by atoms with Gasteiger partial charge < -0.3 is 0 Å². The molecule has 0 atom stereocenters. The Labute approximate surface area is 121 Å². The van der Waals surface area contributed by atoms with Crippen LogP contribution in [0.4, 0.5) is 13.2 Å². The van der Waals surface area contributed by atoms with Crippen LogP contribution < -0.4 is 4.72 Å². The first-order chi connectivity index (χ1) is 9.53. The van der Waals surface area contributed by atoms with Gasteiger partial charge in [-0.25, -0.2) is 4.72 Å². The van der Waals surface area contributed by atoms with E-state index in [1.54, 1.807) is 12.1 Å². The molecule has 0 saturated heterocycles.